The molecule has 1 aliphatic rings. The third-order valence-electron chi connectivity index (χ3n) is 3.36. The number of nitrogens with two attached hydrogens (primary N) is 1. The Morgan fingerprint density at radius 2 is 1.84 bits per heavy atom. The van der Waals surface area contributed by atoms with E-state index in [4.69, 9.17) is 40.5 Å². The molecule has 2 rings (SSSR count). The standard InChI is InChI=1S/C12H14Cl3N3O/c13-8-5-9(14)12(18-10(8)15)17-7-3-1-6(2-4-7)11(16)19/h5-7H,1-4H2,(H2,16,19)(H,17,18). The number of primary amides is 1. The SMILES string of the molecule is NC(=O)C1CCC(Nc2nc(Cl)c(Cl)cc2Cl)CC1. The molecule has 0 unspecified atom stereocenters. The molecular formula is C12H14Cl3N3O. The van der Waals surface area contributed by atoms with E-state index in [1.165, 1.54) is 0 Å². The molecular weight excluding hydrogens is 309 g/mol. The Morgan fingerprint density at radius 1 is 1.21 bits per heavy atom. The highest BCUT2D eigenvalue weighted by molar-refractivity contribution is 6.42. The Morgan fingerprint density at radius 3 is 2.42 bits per heavy atom. The van der Waals surface area contributed by atoms with Crippen LogP contribution < -0.4 is 11.1 Å². The van der Waals surface area contributed by atoms with Gasteiger partial charge in [-0.1, -0.05) is 34.8 Å². The molecule has 19 heavy (non-hydrogen) atoms. The zero-order chi connectivity index (χ0) is 14.0. The molecule has 1 fully saturated rings. The summed E-state index contributed by atoms with van der Waals surface area (Å²) in [5, 5.41) is 4.22. The number of rotatable bonds is 3. The Labute approximate surface area is 126 Å². The number of nitrogens with one attached hydrogen (secondary N) is 1. The molecule has 0 aliphatic heterocycles. The molecule has 3 N–H and O–H groups in total. The zero-order valence-electron chi connectivity index (χ0n) is 10.1. The fraction of sp³-hybridized carbons (Fsp3) is 0.500. The van der Waals surface area contributed by atoms with Gasteiger partial charge in [0.15, 0.2) is 0 Å². The highest BCUT2D eigenvalue weighted by Gasteiger charge is 2.25. The number of hydrogen-bond acceptors (Lipinski definition) is 3. The van der Waals surface area contributed by atoms with E-state index in [1.807, 2.05) is 0 Å². The van der Waals surface area contributed by atoms with Crippen LogP contribution >= 0.6 is 34.8 Å². The lowest BCUT2D eigenvalue weighted by molar-refractivity contribution is -0.122. The van der Waals surface area contributed by atoms with Gasteiger partial charge in [-0.15, -0.1) is 0 Å². The normalized spacial score (nSPS) is 23.1. The largest absolute Gasteiger partial charge is 0.369 e. The van der Waals surface area contributed by atoms with E-state index in [0.717, 1.165) is 25.7 Å². The molecule has 1 amide bonds. The van der Waals surface area contributed by atoms with Crippen LogP contribution in [0.15, 0.2) is 6.07 Å². The molecule has 4 nitrogen and oxygen atoms in total. The van der Waals surface area contributed by atoms with Crippen molar-refractivity contribution in [2.24, 2.45) is 11.7 Å². The van der Waals surface area contributed by atoms with E-state index in [0.29, 0.717) is 15.9 Å². The number of amides is 1. The summed E-state index contributed by atoms with van der Waals surface area (Å²) in [6.07, 6.45) is 3.27. The summed E-state index contributed by atoms with van der Waals surface area (Å²) in [6, 6.07) is 1.79. The fourth-order valence-corrected chi connectivity index (χ4v) is 2.81. The number of aromatic nitrogens is 1. The van der Waals surface area contributed by atoms with Gasteiger partial charge in [-0.2, -0.15) is 0 Å². The van der Waals surface area contributed by atoms with Crippen molar-refractivity contribution in [2.45, 2.75) is 31.7 Å². The van der Waals surface area contributed by atoms with Crippen molar-refractivity contribution in [3.63, 3.8) is 0 Å². The van der Waals surface area contributed by atoms with Crippen molar-refractivity contribution < 1.29 is 4.79 Å². The molecule has 104 valence electrons. The highest BCUT2D eigenvalue weighted by atomic mass is 35.5. The minimum Gasteiger partial charge on any atom is -0.369 e. The van der Waals surface area contributed by atoms with Crippen LogP contribution in [-0.2, 0) is 4.79 Å². The van der Waals surface area contributed by atoms with E-state index < -0.39 is 0 Å². The van der Waals surface area contributed by atoms with Gasteiger partial charge in [-0.3, -0.25) is 4.79 Å². The first-order valence-electron chi connectivity index (χ1n) is 6.04. The van der Waals surface area contributed by atoms with E-state index in [9.17, 15) is 4.79 Å². The molecule has 0 atom stereocenters. The van der Waals surface area contributed by atoms with Crippen molar-refractivity contribution in [3.8, 4) is 0 Å². The van der Waals surface area contributed by atoms with Crippen LogP contribution in [0.3, 0.4) is 0 Å². The van der Waals surface area contributed by atoms with Gasteiger partial charge in [0, 0.05) is 12.0 Å². The Bertz CT molecular complexity index is 487. The summed E-state index contributed by atoms with van der Waals surface area (Å²) in [5.74, 6) is 0.290. The number of pyridine rings is 1. The van der Waals surface area contributed by atoms with Gasteiger partial charge in [-0.05, 0) is 31.7 Å². The predicted octanol–water partition coefficient (Wildman–Crippen LogP) is 3.50. The van der Waals surface area contributed by atoms with Crippen LogP contribution in [0, 0.1) is 5.92 Å². The van der Waals surface area contributed by atoms with Crippen LogP contribution in [-0.4, -0.2) is 16.9 Å². The van der Waals surface area contributed by atoms with Crippen LogP contribution in [0.5, 0.6) is 0 Å². The molecule has 1 aromatic heterocycles. The summed E-state index contributed by atoms with van der Waals surface area (Å²) in [5.41, 5.74) is 5.30. The average Bonchev–Trinajstić information content (AvgIpc) is 2.36. The monoisotopic (exact) mass is 321 g/mol. The maximum atomic E-state index is 11.1. The van der Waals surface area contributed by atoms with E-state index >= 15 is 0 Å². The van der Waals surface area contributed by atoms with Gasteiger partial charge in [0.25, 0.3) is 0 Å². The lowest BCUT2D eigenvalue weighted by atomic mass is 9.85. The number of anilines is 1. The highest BCUT2D eigenvalue weighted by Crippen LogP contribution is 2.32. The van der Waals surface area contributed by atoms with Crippen LogP contribution in [0.2, 0.25) is 15.2 Å². The lowest BCUT2D eigenvalue weighted by Crippen LogP contribution is -2.32. The van der Waals surface area contributed by atoms with Crippen molar-refractivity contribution in [1.82, 2.24) is 4.98 Å². The van der Waals surface area contributed by atoms with Gasteiger partial charge >= 0.3 is 0 Å². The second-order valence-corrected chi connectivity index (χ2v) is 5.86. The maximum absolute atomic E-state index is 11.1. The minimum absolute atomic E-state index is 0.0183. The second kappa shape index (κ2) is 6.16. The molecule has 1 saturated carbocycles. The van der Waals surface area contributed by atoms with Gasteiger partial charge < -0.3 is 11.1 Å². The molecule has 1 heterocycles. The first-order chi connectivity index (χ1) is 8.97. The quantitative estimate of drug-likeness (QED) is 0.837. The van der Waals surface area contributed by atoms with Crippen LogP contribution in [0.4, 0.5) is 5.82 Å². The average molecular weight is 323 g/mol. The summed E-state index contributed by atoms with van der Waals surface area (Å²) < 4.78 is 0. The molecule has 1 aromatic rings. The van der Waals surface area contributed by atoms with E-state index in [1.54, 1.807) is 6.07 Å². The zero-order valence-corrected chi connectivity index (χ0v) is 12.4. The van der Waals surface area contributed by atoms with Crippen LogP contribution in [0.1, 0.15) is 25.7 Å². The van der Waals surface area contributed by atoms with E-state index in [-0.39, 0.29) is 23.0 Å². The molecule has 0 spiro atoms. The first kappa shape index (κ1) is 14.7. The van der Waals surface area contributed by atoms with Gasteiger partial charge in [0.1, 0.15) is 11.0 Å². The van der Waals surface area contributed by atoms with Gasteiger partial charge in [0.05, 0.1) is 10.0 Å². The van der Waals surface area contributed by atoms with Crippen molar-refractivity contribution in [1.29, 1.82) is 0 Å². The van der Waals surface area contributed by atoms with Gasteiger partial charge in [-0.25, -0.2) is 4.98 Å². The molecule has 0 radical (unpaired) electrons. The third-order valence-corrected chi connectivity index (χ3v) is 4.32. The Hall–Kier alpha value is -0.710. The van der Waals surface area contributed by atoms with Crippen LogP contribution in [0.25, 0.3) is 0 Å². The number of carbonyl (C=O) groups is 1. The number of nitrogens with zero attached hydrogens (tertiary/aromatic N) is 1. The molecule has 7 heteroatoms. The molecule has 0 saturated heterocycles. The lowest BCUT2D eigenvalue weighted by Gasteiger charge is -2.28. The molecule has 0 bridgehead atoms. The minimum atomic E-state index is -0.218. The van der Waals surface area contributed by atoms with Crippen molar-refractivity contribution >= 4 is 46.5 Å². The number of carbonyl (C=O) groups excluding carboxylic acids is 1. The van der Waals surface area contributed by atoms with Gasteiger partial charge in [0.2, 0.25) is 5.91 Å². The number of hydrogen-bond donors (Lipinski definition) is 2. The second-order valence-electron chi connectivity index (χ2n) is 4.69. The first-order valence-corrected chi connectivity index (χ1v) is 7.18. The summed E-state index contributed by atoms with van der Waals surface area (Å²) in [4.78, 5) is 15.2. The molecule has 0 aromatic carbocycles. The van der Waals surface area contributed by atoms with E-state index in [2.05, 4.69) is 10.3 Å². The third kappa shape index (κ3) is 3.65. The smallest absolute Gasteiger partial charge is 0.220 e. The summed E-state index contributed by atoms with van der Waals surface area (Å²) in [6.45, 7) is 0. The summed E-state index contributed by atoms with van der Waals surface area (Å²) >= 11 is 17.7. The Kier molecular flexibility index (Phi) is 4.76. The molecule has 1 aliphatic carbocycles. The maximum Gasteiger partial charge on any atom is 0.220 e. The van der Waals surface area contributed by atoms with Crippen molar-refractivity contribution in [2.75, 3.05) is 5.32 Å². The Balaban J connectivity index is 1.99. The summed E-state index contributed by atoms with van der Waals surface area (Å²) in [7, 11) is 0. The predicted molar refractivity (Wildman–Crippen MR) is 77.8 cm³/mol. The fourth-order valence-electron chi connectivity index (χ4n) is 2.26. The number of halogens is 3. The topological polar surface area (TPSA) is 68.0 Å². The van der Waals surface area contributed by atoms with Crippen molar-refractivity contribution in [3.05, 3.63) is 21.3 Å².